The van der Waals surface area contributed by atoms with E-state index >= 15 is 0 Å². The molecular formula is C21H29N3O7S. The van der Waals surface area contributed by atoms with Gasteiger partial charge in [0.2, 0.25) is 0 Å². The lowest BCUT2D eigenvalue weighted by molar-refractivity contribution is -0.384. The van der Waals surface area contributed by atoms with E-state index in [4.69, 9.17) is 4.74 Å². The number of non-ortho nitro benzene ring substituents is 1. The molecule has 2 heterocycles. The predicted molar refractivity (Wildman–Crippen MR) is 118 cm³/mol. The molecule has 1 aromatic carbocycles. The minimum Gasteiger partial charge on any atom is -0.452 e. The lowest BCUT2D eigenvalue weighted by atomic mass is 10.1. The summed E-state index contributed by atoms with van der Waals surface area (Å²) < 4.78 is 29.0. The number of benzene rings is 1. The number of rotatable bonds is 8. The standard InChI is InChI=1S/C21H29N3O7S/c1-15(2)12-23(17-7-10-32(29,30)14-17)20(25)13-31-21(26)18-11-16(24(27)28)5-6-19(18)22-8-3-4-9-22/h5-6,11,15,17H,3-4,7-10,12-14H2,1-2H3. The van der Waals surface area contributed by atoms with E-state index in [-0.39, 0.29) is 28.7 Å². The fraction of sp³-hybridized carbons (Fsp3) is 0.619. The first-order valence-corrected chi connectivity index (χ1v) is 12.6. The molecule has 0 aromatic heterocycles. The molecule has 2 saturated heterocycles. The molecule has 2 aliphatic heterocycles. The van der Waals surface area contributed by atoms with Crippen molar-refractivity contribution in [1.29, 1.82) is 0 Å². The van der Waals surface area contributed by atoms with Crippen molar-refractivity contribution >= 4 is 33.1 Å². The third-order valence-electron chi connectivity index (χ3n) is 5.72. The minimum atomic E-state index is -3.18. The monoisotopic (exact) mass is 467 g/mol. The Hall–Kier alpha value is -2.69. The van der Waals surface area contributed by atoms with Crippen molar-refractivity contribution < 1.29 is 27.7 Å². The van der Waals surface area contributed by atoms with E-state index in [0.717, 1.165) is 25.9 Å². The van der Waals surface area contributed by atoms with Crippen LogP contribution in [0.3, 0.4) is 0 Å². The highest BCUT2D eigenvalue weighted by Crippen LogP contribution is 2.29. The lowest BCUT2D eigenvalue weighted by Crippen LogP contribution is -2.45. The highest BCUT2D eigenvalue weighted by molar-refractivity contribution is 7.91. The summed E-state index contributed by atoms with van der Waals surface area (Å²) in [6.45, 7) is 5.10. The average molecular weight is 468 g/mol. The topological polar surface area (TPSA) is 127 Å². The normalized spacial score (nSPS) is 19.8. The lowest BCUT2D eigenvalue weighted by Gasteiger charge is -2.29. The second kappa shape index (κ2) is 9.85. The maximum atomic E-state index is 12.9. The van der Waals surface area contributed by atoms with E-state index in [1.54, 1.807) is 0 Å². The van der Waals surface area contributed by atoms with E-state index in [9.17, 15) is 28.1 Å². The van der Waals surface area contributed by atoms with Gasteiger partial charge in [-0.25, -0.2) is 13.2 Å². The number of sulfone groups is 1. The van der Waals surface area contributed by atoms with Crippen molar-refractivity contribution in [3.63, 3.8) is 0 Å². The summed E-state index contributed by atoms with van der Waals surface area (Å²) in [7, 11) is -3.18. The van der Waals surface area contributed by atoms with Crippen LogP contribution in [0.25, 0.3) is 0 Å². The van der Waals surface area contributed by atoms with E-state index in [1.807, 2.05) is 18.7 Å². The van der Waals surface area contributed by atoms with Crippen LogP contribution in [0.5, 0.6) is 0 Å². The summed E-state index contributed by atoms with van der Waals surface area (Å²) in [4.78, 5) is 39.8. The zero-order valence-electron chi connectivity index (χ0n) is 18.4. The van der Waals surface area contributed by atoms with E-state index < -0.39 is 39.3 Å². The number of hydrogen-bond acceptors (Lipinski definition) is 8. The molecule has 0 aliphatic carbocycles. The Balaban J connectivity index is 1.75. The minimum absolute atomic E-state index is 0.0339. The van der Waals surface area contributed by atoms with Gasteiger partial charge in [-0.1, -0.05) is 13.8 Å². The molecule has 3 rings (SSSR count). The van der Waals surface area contributed by atoms with E-state index in [2.05, 4.69) is 0 Å². The van der Waals surface area contributed by atoms with Gasteiger partial charge in [0.25, 0.3) is 11.6 Å². The average Bonchev–Trinajstić information content (AvgIpc) is 3.38. The second-order valence-corrected chi connectivity index (χ2v) is 11.0. The molecule has 1 amide bonds. The second-order valence-electron chi connectivity index (χ2n) is 8.73. The van der Waals surface area contributed by atoms with Crippen LogP contribution >= 0.6 is 0 Å². The smallest absolute Gasteiger partial charge is 0.341 e. The molecule has 10 nitrogen and oxygen atoms in total. The zero-order chi connectivity index (χ0) is 23.5. The maximum absolute atomic E-state index is 12.9. The Bertz CT molecular complexity index is 987. The van der Waals surface area contributed by atoms with Crippen LogP contribution in [0.15, 0.2) is 18.2 Å². The number of hydrogen-bond donors (Lipinski definition) is 0. The summed E-state index contributed by atoms with van der Waals surface area (Å²) in [5.74, 6) is -1.23. The first-order chi connectivity index (χ1) is 15.1. The van der Waals surface area contributed by atoms with Crippen LogP contribution in [0, 0.1) is 16.0 Å². The van der Waals surface area contributed by atoms with Gasteiger partial charge < -0.3 is 14.5 Å². The first-order valence-electron chi connectivity index (χ1n) is 10.8. The molecule has 1 atom stereocenters. The molecular weight excluding hydrogens is 438 g/mol. The molecule has 0 bridgehead atoms. The van der Waals surface area contributed by atoms with E-state index in [1.165, 1.54) is 23.1 Å². The molecule has 32 heavy (non-hydrogen) atoms. The van der Waals surface area contributed by atoms with Crippen molar-refractivity contribution in [1.82, 2.24) is 4.90 Å². The number of anilines is 1. The van der Waals surface area contributed by atoms with Gasteiger partial charge in [-0.05, 0) is 31.2 Å². The van der Waals surface area contributed by atoms with Gasteiger partial charge in [-0.2, -0.15) is 0 Å². The number of ether oxygens (including phenoxy) is 1. The largest absolute Gasteiger partial charge is 0.452 e. The molecule has 0 spiro atoms. The number of esters is 1. The number of nitro benzene ring substituents is 1. The Morgan fingerprint density at radius 2 is 1.97 bits per heavy atom. The molecule has 2 fully saturated rings. The summed E-state index contributed by atoms with van der Waals surface area (Å²) in [5, 5.41) is 11.2. The number of nitro groups is 1. The molecule has 1 unspecified atom stereocenters. The van der Waals surface area contributed by atoms with Gasteiger partial charge in [0.15, 0.2) is 16.4 Å². The van der Waals surface area contributed by atoms with Gasteiger partial charge >= 0.3 is 5.97 Å². The van der Waals surface area contributed by atoms with Crippen LogP contribution in [0.2, 0.25) is 0 Å². The number of carbonyl (C=O) groups excluding carboxylic acids is 2. The van der Waals surface area contributed by atoms with Gasteiger partial charge in [0.1, 0.15) is 0 Å². The molecule has 1 aromatic rings. The fourth-order valence-corrected chi connectivity index (χ4v) is 5.92. The molecule has 0 saturated carbocycles. The van der Waals surface area contributed by atoms with Gasteiger partial charge in [-0.15, -0.1) is 0 Å². The van der Waals surface area contributed by atoms with Crippen LogP contribution < -0.4 is 4.90 Å². The highest BCUT2D eigenvalue weighted by Gasteiger charge is 2.35. The maximum Gasteiger partial charge on any atom is 0.341 e. The number of carbonyl (C=O) groups is 2. The first kappa shape index (κ1) is 24.0. The summed E-state index contributed by atoms with van der Waals surface area (Å²) in [6.07, 6.45) is 2.27. The van der Waals surface area contributed by atoms with Crippen LogP contribution in [0.4, 0.5) is 11.4 Å². The highest BCUT2D eigenvalue weighted by atomic mass is 32.2. The summed E-state index contributed by atoms with van der Waals surface area (Å²) in [5.41, 5.74) is 0.364. The van der Waals surface area contributed by atoms with Crippen LogP contribution in [0.1, 0.15) is 43.5 Å². The van der Waals surface area contributed by atoms with Gasteiger partial charge in [0.05, 0.1) is 27.7 Å². The molecule has 176 valence electrons. The van der Waals surface area contributed by atoms with Crippen molar-refractivity contribution in [2.45, 2.75) is 39.2 Å². The third-order valence-corrected chi connectivity index (χ3v) is 7.47. The van der Waals surface area contributed by atoms with Gasteiger partial charge in [-0.3, -0.25) is 14.9 Å². The van der Waals surface area contributed by atoms with E-state index in [0.29, 0.717) is 18.7 Å². The number of nitrogens with zero attached hydrogens (tertiary/aromatic N) is 3. The predicted octanol–water partition coefficient (Wildman–Crippen LogP) is 2.02. The Labute approximate surface area is 187 Å². The number of amides is 1. The third kappa shape index (κ3) is 5.76. The zero-order valence-corrected chi connectivity index (χ0v) is 19.2. The summed E-state index contributed by atoms with van der Waals surface area (Å²) >= 11 is 0. The SMILES string of the molecule is CC(C)CN(C(=O)COC(=O)c1cc([N+](=O)[O-])ccc1N1CCCC1)C1CCS(=O)(=O)C1. The molecule has 2 aliphatic rings. The van der Waals surface area contributed by atoms with Crippen LogP contribution in [-0.2, 0) is 19.4 Å². The fourth-order valence-electron chi connectivity index (χ4n) is 4.19. The molecule has 0 N–H and O–H groups in total. The summed E-state index contributed by atoms with van der Waals surface area (Å²) in [6, 6.07) is 3.62. The van der Waals surface area contributed by atoms with Crippen molar-refractivity contribution in [2.24, 2.45) is 5.92 Å². The van der Waals surface area contributed by atoms with Crippen LogP contribution in [-0.4, -0.2) is 73.9 Å². The van der Waals surface area contributed by atoms with Crippen molar-refractivity contribution in [3.05, 3.63) is 33.9 Å². The Kier molecular flexibility index (Phi) is 7.37. The molecule has 11 heteroatoms. The van der Waals surface area contributed by atoms with Gasteiger partial charge in [0, 0.05) is 37.8 Å². The molecule has 0 radical (unpaired) electrons. The Morgan fingerprint density at radius 3 is 2.53 bits per heavy atom. The Morgan fingerprint density at radius 1 is 1.28 bits per heavy atom. The van der Waals surface area contributed by atoms with Crippen molar-refractivity contribution in [3.8, 4) is 0 Å². The quantitative estimate of drug-likeness (QED) is 0.323. The van der Waals surface area contributed by atoms with Crippen molar-refractivity contribution in [2.75, 3.05) is 42.6 Å².